The van der Waals surface area contributed by atoms with Gasteiger partial charge in [-0.3, -0.25) is 9.10 Å². The number of amides is 1. The van der Waals surface area contributed by atoms with Gasteiger partial charge < -0.3 is 10.1 Å². The monoisotopic (exact) mass is 470 g/mol. The predicted octanol–water partition coefficient (Wildman–Crippen LogP) is 4.22. The van der Waals surface area contributed by atoms with E-state index in [1.807, 2.05) is 38.1 Å². The Hall–Kier alpha value is -3.39. The summed E-state index contributed by atoms with van der Waals surface area (Å²) in [4.78, 5) is 12.7. The van der Waals surface area contributed by atoms with Gasteiger partial charge in [0.05, 0.1) is 16.6 Å². The van der Waals surface area contributed by atoms with E-state index in [1.54, 1.807) is 31.2 Å². The molecule has 0 bridgehead atoms. The van der Waals surface area contributed by atoms with Gasteiger partial charge in [-0.2, -0.15) is 0 Å². The van der Waals surface area contributed by atoms with E-state index in [-0.39, 0.29) is 17.5 Å². The molecule has 174 valence electrons. The van der Waals surface area contributed by atoms with E-state index in [0.29, 0.717) is 11.4 Å². The average molecular weight is 471 g/mol. The highest BCUT2D eigenvalue weighted by Crippen LogP contribution is 2.24. The van der Waals surface area contributed by atoms with Crippen LogP contribution in [0.4, 0.5) is 10.1 Å². The Kier molecular flexibility index (Phi) is 7.71. The molecular weight excluding hydrogens is 443 g/mol. The maximum Gasteiger partial charge on any atom is 0.264 e. The molecule has 3 aromatic rings. The number of nitrogens with zero attached hydrogens (tertiary/aromatic N) is 1. The molecule has 1 N–H and O–H groups in total. The highest BCUT2D eigenvalue weighted by molar-refractivity contribution is 7.92. The lowest BCUT2D eigenvalue weighted by molar-refractivity contribution is -0.120. The van der Waals surface area contributed by atoms with E-state index in [2.05, 4.69) is 5.32 Å². The van der Waals surface area contributed by atoms with E-state index < -0.39 is 28.3 Å². The van der Waals surface area contributed by atoms with Crippen LogP contribution in [0.3, 0.4) is 0 Å². The highest BCUT2D eigenvalue weighted by atomic mass is 32.2. The normalized spacial score (nSPS) is 12.1. The number of aryl methyl sites for hydroxylation is 2. The van der Waals surface area contributed by atoms with Crippen molar-refractivity contribution in [3.63, 3.8) is 0 Å². The van der Waals surface area contributed by atoms with Gasteiger partial charge >= 0.3 is 0 Å². The molecule has 3 rings (SSSR count). The summed E-state index contributed by atoms with van der Waals surface area (Å²) in [5.74, 6) is -0.348. The van der Waals surface area contributed by atoms with E-state index in [4.69, 9.17) is 4.74 Å². The zero-order chi connectivity index (χ0) is 24.0. The fourth-order valence-electron chi connectivity index (χ4n) is 3.11. The molecule has 8 heteroatoms. The molecule has 0 fully saturated rings. The molecule has 0 aromatic heterocycles. The molecule has 0 spiro atoms. The third-order valence-electron chi connectivity index (χ3n) is 4.94. The fourth-order valence-corrected chi connectivity index (χ4v) is 4.53. The second-order valence-corrected chi connectivity index (χ2v) is 9.76. The van der Waals surface area contributed by atoms with Gasteiger partial charge in [-0.15, -0.1) is 0 Å². The lowest BCUT2D eigenvalue weighted by Gasteiger charge is -2.25. The Labute approximate surface area is 194 Å². The van der Waals surface area contributed by atoms with Crippen molar-refractivity contribution < 1.29 is 22.3 Å². The first kappa shape index (κ1) is 24.3. The third kappa shape index (κ3) is 6.55. The summed E-state index contributed by atoms with van der Waals surface area (Å²) in [7, 11) is -4.10. The largest absolute Gasteiger partial charge is 0.491 e. The molecule has 0 saturated heterocycles. The fraction of sp³-hybridized carbons (Fsp3) is 0.240. The molecule has 0 saturated carbocycles. The minimum Gasteiger partial charge on any atom is -0.491 e. The number of halogens is 1. The molecule has 0 radical (unpaired) electrons. The number of carbonyl (C=O) groups excluding carboxylic acids is 1. The first-order valence-corrected chi connectivity index (χ1v) is 11.9. The summed E-state index contributed by atoms with van der Waals surface area (Å²) in [5, 5.41) is 2.78. The van der Waals surface area contributed by atoms with Crippen molar-refractivity contribution in [1.29, 1.82) is 0 Å². The summed E-state index contributed by atoms with van der Waals surface area (Å²) in [6.45, 7) is 5.43. The SMILES string of the molecule is Cc1ccc(OCC(C)NC(=O)CN(c2ccc(C)cc2)S(=O)(=O)c2ccc(F)cc2)cc1. The standard InChI is InChI=1S/C25H27FN2O4S/c1-18-4-10-22(11-5-18)28(33(30,31)24-14-8-21(26)9-15-24)16-25(29)27-20(3)17-32-23-12-6-19(2)7-13-23/h4-15,20H,16-17H2,1-3H3,(H,27,29). The molecule has 1 unspecified atom stereocenters. The number of ether oxygens (including phenoxy) is 1. The number of nitrogens with one attached hydrogen (secondary N) is 1. The lowest BCUT2D eigenvalue weighted by Crippen LogP contribution is -2.45. The van der Waals surface area contributed by atoms with Gasteiger partial charge in [-0.05, 0) is 69.3 Å². The molecule has 0 aliphatic carbocycles. The summed E-state index contributed by atoms with van der Waals surface area (Å²) >= 11 is 0. The molecule has 0 heterocycles. The number of sulfonamides is 1. The number of rotatable bonds is 9. The van der Waals surface area contributed by atoms with Crippen LogP contribution in [-0.4, -0.2) is 33.5 Å². The number of carbonyl (C=O) groups is 1. The van der Waals surface area contributed by atoms with Crippen LogP contribution in [0.2, 0.25) is 0 Å². The second-order valence-electron chi connectivity index (χ2n) is 7.89. The molecule has 1 atom stereocenters. The Bertz CT molecular complexity index is 1180. The first-order chi connectivity index (χ1) is 15.6. The molecule has 6 nitrogen and oxygen atoms in total. The van der Waals surface area contributed by atoms with Crippen molar-refractivity contribution in [2.24, 2.45) is 0 Å². The average Bonchev–Trinajstić information content (AvgIpc) is 2.78. The smallest absolute Gasteiger partial charge is 0.264 e. The maximum absolute atomic E-state index is 13.3. The van der Waals surface area contributed by atoms with Crippen molar-refractivity contribution in [3.05, 3.63) is 89.7 Å². The summed E-state index contributed by atoms with van der Waals surface area (Å²) in [6, 6.07) is 18.5. The van der Waals surface area contributed by atoms with Gasteiger partial charge in [0.2, 0.25) is 5.91 Å². The Balaban J connectivity index is 1.73. The van der Waals surface area contributed by atoms with Crippen LogP contribution in [0, 0.1) is 19.7 Å². The second kappa shape index (κ2) is 10.5. The number of hydrogen-bond donors (Lipinski definition) is 1. The third-order valence-corrected chi connectivity index (χ3v) is 6.73. The minimum absolute atomic E-state index is 0.104. The topological polar surface area (TPSA) is 75.7 Å². The van der Waals surface area contributed by atoms with E-state index >= 15 is 0 Å². The van der Waals surface area contributed by atoms with Crippen molar-refractivity contribution in [1.82, 2.24) is 5.32 Å². The number of hydrogen-bond acceptors (Lipinski definition) is 4. The van der Waals surface area contributed by atoms with Crippen LogP contribution in [-0.2, 0) is 14.8 Å². The summed E-state index contributed by atoms with van der Waals surface area (Å²) in [6.07, 6.45) is 0. The van der Waals surface area contributed by atoms with Crippen molar-refractivity contribution >= 4 is 21.6 Å². The highest BCUT2D eigenvalue weighted by Gasteiger charge is 2.27. The van der Waals surface area contributed by atoms with Gasteiger partial charge in [0.25, 0.3) is 10.0 Å². The van der Waals surface area contributed by atoms with Crippen LogP contribution in [0.25, 0.3) is 0 Å². The van der Waals surface area contributed by atoms with Gasteiger partial charge in [0.15, 0.2) is 0 Å². The Morgan fingerprint density at radius 2 is 1.48 bits per heavy atom. The molecule has 0 aliphatic rings. The zero-order valence-corrected chi connectivity index (χ0v) is 19.6. The van der Waals surface area contributed by atoms with Crippen molar-refractivity contribution in [2.75, 3.05) is 17.5 Å². The quantitative estimate of drug-likeness (QED) is 0.508. The van der Waals surface area contributed by atoms with Crippen molar-refractivity contribution in [3.8, 4) is 5.75 Å². The zero-order valence-electron chi connectivity index (χ0n) is 18.8. The Morgan fingerprint density at radius 3 is 2.06 bits per heavy atom. The van der Waals surface area contributed by atoms with Crippen LogP contribution < -0.4 is 14.4 Å². The number of benzene rings is 3. The van der Waals surface area contributed by atoms with Gasteiger partial charge in [0.1, 0.15) is 24.7 Å². The predicted molar refractivity (Wildman–Crippen MR) is 126 cm³/mol. The van der Waals surface area contributed by atoms with Crippen molar-refractivity contribution in [2.45, 2.75) is 31.7 Å². The molecule has 0 aliphatic heterocycles. The first-order valence-electron chi connectivity index (χ1n) is 10.5. The van der Waals surface area contributed by atoms with E-state index in [0.717, 1.165) is 27.6 Å². The number of anilines is 1. The van der Waals surface area contributed by atoms with Gasteiger partial charge in [-0.1, -0.05) is 35.4 Å². The summed E-state index contributed by atoms with van der Waals surface area (Å²) < 4.78 is 46.6. The molecule has 3 aromatic carbocycles. The minimum atomic E-state index is -4.10. The lowest BCUT2D eigenvalue weighted by atomic mass is 10.2. The molecular formula is C25H27FN2O4S. The Morgan fingerprint density at radius 1 is 0.939 bits per heavy atom. The van der Waals surface area contributed by atoms with Crippen LogP contribution in [0.1, 0.15) is 18.1 Å². The van der Waals surface area contributed by atoms with Crippen LogP contribution >= 0.6 is 0 Å². The van der Waals surface area contributed by atoms with E-state index in [1.165, 1.54) is 12.1 Å². The molecule has 1 amide bonds. The van der Waals surface area contributed by atoms with Gasteiger partial charge in [-0.25, -0.2) is 12.8 Å². The molecule has 33 heavy (non-hydrogen) atoms. The summed E-state index contributed by atoms with van der Waals surface area (Å²) in [5.41, 5.74) is 2.40. The van der Waals surface area contributed by atoms with Gasteiger partial charge in [0, 0.05) is 0 Å². The maximum atomic E-state index is 13.3. The van der Waals surface area contributed by atoms with E-state index in [9.17, 15) is 17.6 Å². The van der Waals surface area contributed by atoms with Crippen LogP contribution in [0.15, 0.2) is 77.7 Å². The van der Waals surface area contributed by atoms with Crippen LogP contribution in [0.5, 0.6) is 5.75 Å².